The van der Waals surface area contributed by atoms with Gasteiger partial charge in [-0.2, -0.15) is 0 Å². The average Bonchev–Trinajstić information content (AvgIpc) is 2.89. The Hall–Kier alpha value is -1.37. The van der Waals surface area contributed by atoms with Crippen LogP contribution in [0.5, 0.6) is 0 Å². The molecule has 0 radical (unpaired) electrons. The van der Waals surface area contributed by atoms with Crippen LogP contribution in [0.1, 0.15) is 5.01 Å². The maximum Gasteiger partial charge on any atom is 0.268 e. The smallest absolute Gasteiger partial charge is 0.268 e. The molecule has 1 heterocycles. The SMILES string of the molecule is C=CC=Cc1sc2ccc(Cl)c(N)c2[n+]1-c1ccccc1.[I-]. The van der Waals surface area contributed by atoms with Crippen LogP contribution in [-0.4, -0.2) is 0 Å². The summed E-state index contributed by atoms with van der Waals surface area (Å²) in [5.41, 5.74) is 8.82. The predicted octanol–water partition coefficient (Wildman–Crippen LogP) is 1.62. The Kier molecular flexibility index (Phi) is 5.61. The van der Waals surface area contributed by atoms with E-state index in [2.05, 4.69) is 23.3 Å². The summed E-state index contributed by atoms with van der Waals surface area (Å²) in [6.45, 7) is 3.73. The van der Waals surface area contributed by atoms with Crippen LogP contribution in [0.2, 0.25) is 5.02 Å². The van der Waals surface area contributed by atoms with E-state index >= 15 is 0 Å². The zero-order chi connectivity index (χ0) is 14.8. The fraction of sp³-hybridized carbons (Fsp3) is 0. The van der Waals surface area contributed by atoms with E-state index in [1.54, 1.807) is 17.4 Å². The molecular formula is C17H14ClIN2S. The van der Waals surface area contributed by atoms with Crippen LogP contribution in [0.25, 0.3) is 22.0 Å². The molecular weight excluding hydrogens is 427 g/mol. The van der Waals surface area contributed by atoms with Crippen molar-refractivity contribution in [2.24, 2.45) is 0 Å². The lowest BCUT2D eigenvalue weighted by Crippen LogP contribution is -3.00. The number of rotatable bonds is 3. The highest BCUT2D eigenvalue weighted by molar-refractivity contribution is 7.19. The summed E-state index contributed by atoms with van der Waals surface area (Å²) < 4.78 is 3.23. The second kappa shape index (κ2) is 7.26. The van der Waals surface area contributed by atoms with Crippen LogP contribution in [0.15, 0.2) is 61.2 Å². The molecule has 0 fully saturated rings. The molecule has 112 valence electrons. The number of hydrogen-bond donors (Lipinski definition) is 1. The predicted molar refractivity (Wildman–Crippen MR) is 92.0 cm³/mol. The van der Waals surface area contributed by atoms with Gasteiger partial charge in [0.2, 0.25) is 5.69 Å². The van der Waals surface area contributed by atoms with Crippen molar-refractivity contribution in [3.05, 3.63) is 71.2 Å². The minimum Gasteiger partial charge on any atom is -1.00 e. The lowest BCUT2D eigenvalue weighted by atomic mass is 10.2. The number of halogens is 2. The molecule has 0 aliphatic rings. The van der Waals surface area contributed by atoms with Gasteiger partial charge >= 0.3 is 0 Å². The van der Waals surface area contributed by atoms with Crippen LogP contribution in [0.4, 0.5) is 5.69 Å². The summed E-state index contributed by atoms with van der Waals surface area (Å²) in [6, 6.07) is 14.0. The second-order valence-electron chi connectivity index (χ2n) is 4.51. The molecule has 3 rings (SSSR count). The summed E-state index contributed by atoms with van der Waals surface area (Å²) in [6.07, 6.45) is 5.70. The summed E-state index contributed by atoms with van der Waals surface area (Å²) >= 11 is 7.86. The molecule has 0 saturated carbocycles. The molecule has 2 nitrogen and oxygen atoms in total. The van der Waals surface area contributed by atoms with Gasteiger partial charge in [-0.3, -0.25) is 0 Å². The molecule has 0 unspecified atom stereocenters. The largest absolute Gasteiger partial charge is 1.00 e. The summed E-state index contributed by atoms with van der Waals surface area (Å²) in [4.78, 5) is 0. The highest BCUT2D eigenvalue weighted by Gasteiger charge is 2.24. The van der Waals surface area contributed by atoms with Gasteiger partial charge in [0.1, 0.15) is 10.4 Å². The zero-order valence-electron chi connectivity index (χ0n) is 11.7. The molecule has 0 bridgehead atoms. The number of nitrogens with two attached hydrogens (primary N) is 1. The number of hydrogen-bond acceptors (Lipinski definition) is 2. The lowest BCUT2D eigenvalue weighted by molar-refractivity contribution is -0.563. The fourth-order valence-electron chi connectivity index (χ4n) is 2.24. The molecule has 0 aliphatic heterocycles. The van der Waals surface area contributed by atoms with Gasteiger partial charge in [0.05, 0.1) is 5.02 Å². The van der Waals surface area contributed by atoms with Gasteiger partial charge in [0, 0.05) is 18.2 Å². The van der Waals surface area contributed by atoms with E-state index in [4.69, 9.17) is 17.3 Å². The van der Waals surface area contributed by atoms with Crippen molar-refractivity contribution in [1.82, 2.24) is 0 Å². The first-order chi connectivity index (χ1) is 10.2. The van der Waals surface area contributed by atoms with Gasteiger partial charge < -0.3 is 29.7 Å². The summed E-state index contributed by atoms with van der Waals surface area (Å²) in [7, 11) is 0. The van der Waals surface area contributed by atoms with E-state index in [9.17, 15) is 0 Å². The van der Waals surface area contributed by atoms with Crippen molar-refractivity contribution < 1.29 is 28.5 Å². The monoisotopic (exact) mass is 440 g/mol. The number of anilines is 1. The first-order valence-corrected chi connectivity index (χ1v) is 7.69. The number of fused-ring (bicyclic) bond motifs is 1. The standard InChI is InChI=1S/C17H14ClN2S.HI/c1-2-3-9-15-20(12-7-5-4-6-8-12)17-14(21-15)11-10-13(18)16(17)19;/h2-11H,1,19H2;1H/q+1;/p-1. The van der Waals surface area contributed by atoms with Crippen LogP contribution in [0.3, 0.4) is 0 Å². The number of benzene rings is 2. The zero-order valence-corrected chi connectivity index (χ0v) is 15.4. The van der Waals surface area contributed by atoms with Crippen molar-refractivity contribution in [3.8, 4) is 5.69 Å². The van der Waals surface area contributed by atoms with Gasteiger partial charge in [-0.15, -0.1) is 4.57 Å². The molecule has 2 aromatic carbocycles. The molecule has 0 aliphatic carbocycles. The highest BCUT2D eigenvalue weighted by atomic mass is 127. The topological polar surface area (TPSA) is 29.9 Å². The number of aromatic nitrogens is 1. The van der Waals surface area contributed by atoms with Crippen molar-refractivity contribution in [2.75, 3.05) is 5.73 Å². The highest BCUT2D eigenvalue weighted by Crippen LogP contribution is 2.32. The third-order valence-electron chi connectivity index (χ3n) is 3.17. The quantitative estimate of drug-likeness (QED) is 0.285. The van der Waals surface area contributed by atoms with Crippen molar-refractivity contribution >= 4 is 44.9 Å². The average molecular weight is 441 g/mol. The van der Waals surface area contributed by atoms with Crippen LogP contribution in [-0.2, 0) is 0 Å². The number of thiazole rings is 1. The fourth-order valence-corrected chi connectivity index (χ4v) is 3.48. The van der Waals surface area contributed by atoms with Gasteiger partial charge in [0.25, 0.3) is 10.5 Å². The molecule has 0 spiro atoms. The Balaban J connectivity index is 0.00000176. The Bertz CT molecular complexity index is 841. The number of para-hydroxylation sites is 1. The van der Waals surface area contributed by atoms with E-state index in [1.165, 1.54) is 0 Å². The minimum atomic E-state index is 0. The molecule has 0 saturated heterocycles. The second-order valence-corrected chi connectivity index (χ2v) is 5.98. The molecule has 5 heteroatoms. The van der Waals surface area contributed by atoms with E-state index < -0.39 is 0 Å². The molecule has 3 aromatic rings. The van der Waals surface area contributed by atoms with Crippen molar-refractivity contribution in [3.63, 3.8) is 0 Å². The molecule has 22 heavy (non-hydrogen) atoms. The minimum absolute atomic E-state index is 0. The Morgan fingerprint density at radius 1 is 1.14 bits per heavy atom. The van der Waals surface area contributed by atoms with Crippen LogP contribution in [0, 0.1) is 0 Å². The van der Waals surface area contributed by atoms with Gasteiger partial charge in [-0.1, -0.05) is 59.9 Å². The first kappa shape index (κ1) is 17.0. The van der Waals surface area contributed by atoms with Gasteiger partial charge in [-0.05, 0) is 12.1 Å². The lowest BCUT2D eigenvalue weighted by Gasteiger charge is -1.99. The Morgan fingerprint density at radius 2 is 1.86 bits per heavy atom. The van der Waals surface area contributed by atoms with Gasteiger partial charge in [-0.25, -0.2) is 0 Å². The number of nitrogens with zero attached hydrogens (tertiary/aromatic N) is 1. The maximum absolute atomic E-state index is 6.21. The molecule has 2 N–H and O–H groups in total. The first-order valence-electron chi connectivity index (χ1n) is 6.49. The Morgan fingerprint density at radius 3 is 2.55 bits per heavy atom. The third-order valence-corrected chi connectivity index (χ3v) is 4.58. The van der Waals surface area contributed by atoms with E-state index in [1.807, 2.05) is 42.5 Å². The van der Waals surface area contributed by atoms with E-state index in [0.29, 0.717) is 10.7 Å². The third kappa shape index (κ3) is 3.04. The molecule has 1 aromatic heterocycles. The summed E-state index contributed by atoms with van der Waals surface area (Å²) in [5, 5.41) is 1.65. The number of allylic oxidation sites excluding steroid dienone is 2. The molecule has 0 amide bonds. The van der Waals surface area contributed by atoms with Crippen LogP contribution >= 0.6 is 22.9 Å². The molecule has 0 atom stereocenters. The normalized spacial score (nSPS) is 10.8. The number of nitrogen functional groups attached to an aromatic ring is 1. The maximum atomic E-state index is 6.21. The van der Waals surface area contributed by atoms with Crippen molar-refractivity contribution in [2.45, 2.75) is 0 Å². The Labute approximate surface area is 155 Å². The summed E-state index contributed by atoms with van der Waals surface area (Å²) in [5.74, 6) is 0. The van der Waals surface area contributed by atoms with Crippen molar-refractivity contribution in [1.29, 1.82) is 0 Å². The van der Waals surface area contributed by atoms with E-state index in [-0.39, 0.29) is 24.0 Å². The van der Waals surface area contributed by atoms with Gasteiger partial charge in [0.15, 0.2) is 0 Å². The van der Waals surface area contributed by atoms with E-state index in [0.717, 1.165) is 20.9 Å². The van der Waals surface area contributed by atoms with Crippen LogP contribution < -0.4 is 34.3 Å².